The Kier molecular flexibility index (Phi) is 4.84. The van der Waals surface area contributed by atoms with Gasteiger partial charge >= 0.3 is 6.61 Å². The Labute approximate surface area is 141 Å². The van der Waals surface area contributed by atoms with Crippen LogP contribution in [-0.2, 0) is 5.75 Å². The number of hydrogen-bond acceptors (Lipinski definition) is 5. The molecule has 0 spiro atoms. The number of benzene rings is 1. The minimum absolute atomic E-state index is 0.0387. The Morgan fingerprint density at radius 3 is 2.75 bits per heavy atom. The molecule has 2 aromatic heterocycles. The van der Waals surface area contributed by atoms with E-state index in [9.17, 15) is 8.78 Å². The highest BCUT2D eigenvalue weighted by Crippen LogP contribution is 2.34. The van der Waals surface area contributed by atoms with Crippen LogP contribution < -0.4 is 9.47 Å². The van der Waals surface area contributed by atoms with Crippen molar-refractivity contribution >= 4 is 22.8 Å². The molecule has 0 radical (unpaired) electrons. The molecule has 0 saturated carbocycles. The van der Waals surface area contributed by atoms with E-state index in [4.69, 9.17) is 4.74 Å². The zero-order chi connectivity index (χ0) is 17.1. The number of aryl methyl sites for hydroxylation is 1. The van der Waals surface area contributed by atoms with Crippen LogP contribution in [0, 0.1) is 6.92 Å². The third-order valence-corrected chi connectivity index (χ3v) is 4.20. The highest BCUT2D eigenvalue weighted by atomic mass is 32.2. The average molecular weight is 351 g/mol. The van der Waals surface area contributed by atoms with Gasteiger partial charge in [-0.2, -0.15) is 8.78 Å². The molecule has 0 aliphatic rings. The van der Waals surface area contributed by atoms with Gasteiger partial charge in [0.2, 0.25) is 0 Å². The number of H-pyrrole nitrogens is 1. The summed E-state index contributed by atoms with van der Waals surface area (Å²) in [5.74, 6) is 0.837. The standard InChI is InChI=1S/C16H15F2N3O2S/c1-9-3-4-10(19-7-9)8-24-16-20-11-5-13(22-2)14(23-15(17)18)6-12(11)21-16/h3-7,15H,8H2,1-2H3,(H,20,21). The first-order chi connectivity index (χ1) is 11.5. The van der Waals surface area contributed by atoms with Gasteiger partial charge in [0.1, 0.15) is 0 Å². The molecule has 8 heteroatoms. The van der Waals surface area contributed by atoms with Crippen LogP contribution in [0.3, 0.4) is 0 Å². The molecule has 0 fully saturated rings. The number of aromatic nitrogens is 3. The molecule has 0 bridgehead atoms. The first kappa shape index (κ1) is 16.5. The van der Waals surface area contributed by atoms with Crippen LogP contribution in [-0.4, -0.2) is 28.7 Å². The van der Waals surface area contributed by atoms with E-state index < -0.39 is 6.61 Å². The van der Waals surface area contributed by atoms with Crippen molar-refractivity contribution in [2.45, 2.75) is 24.4 Å². The zero-order valence-electron chi connectivity index (χ0n) is 13.0. The molecule has 1 aromatic carbocycles. The second-order valence-electron chi connectivity index (χ2n) is 5.06. The number of hydrogen-bond donors (Lipinski definition) is 1. The number of aromatic amines is 1. The van der Waals surface area contributed by atoms with Gasteiger partial charge in [0.25, 0.3) is 0 Å². The summed E-state index contributed by atoms with van der Waals surface area (Å²) in [6.07, 6.45) is 1.81. The van der Waals surface area contributed by atoms with Crippen molar-refractivity contribution in [2.75, 3.05) is 7.11 Å². The van der Waals surface area contributed by atoms with Crippen molar-refractivity contribution in [3.8, 4) is 11.5 Å². The van der Waals surface area contributed by atoms with Crippen LogP contribution in [0.15, 0.2) is 35.6 Å². The molecule has 0 aliphatic heterocycles. The minimum atomic E-state index is -2.92. The molecule has 0 atom stereocenters. The number of nitrogens with one attached hydrogen (secondary N) is 1. The van der Waals surface area contributed by atoms with Gasteiger partial charge in [-0.15, -0.1) is 0 Å². The monoisotopic (exact) mass is 351 g/mol. The Morgan fingerprint density at radius 1 is 1.25 bits per heavy atom. The molecule has 3 aromatic rings. The fourth-order valence-corrected chi connectivity index (χ4v) is 2.94. The van der Waals surface area contributed by atoms with Crippen LogP contribution in [0.1, 0.15) is 11.3 Å². The predicted molar refractivity (Wildman–Crippen MR) is 87.8 cm³/mol. The molecule has 3 rings (SSSR count). The Hall–Kier alpha value is -2.35. The van der Waals surface area contributed by atoms with Crippen LogP contribution in [0.2, 0.25) is 0 Å². The van der Waals surface area contributed by atoms with Crippen molar-refractivity contribution in [3.63, 3.8) is 0 Å². The molecule has 2 heterocycles. The van der Waals surface area contributed by atoms with Gasteiger partial charge in [-0.05, 0) is 18.6 Å². The SMILES string of the molecule is COc1cc2[nH]c(SCc3ccc(C)cn3)nc2cc1OC(F)F. The maximum atomic E-state index is 12.5. The first-order valence-electron chi connectivity index (χ1n) is 7.12. The van der Waals surface area contributed by atoms with Gasteiger partial charge < -0.3 is 14.5 Å². The average Bonchev–Trinajstić information content (AvgIpc) is 2.94. The number of nitrogens with zero attached hydrogens (tertiary/aromatic N) is 2. The van der Waals surface area contributed by atoms with Crippen molar-refractivity contribution in [3.05, 3.63) is 41.7 Å². The smallest absolute Gasteiger partial charge is 0.387 e. The lowest BCUT2D eigenvalue weighted by molar-refractivity contribution is -0.0511. The second-order valence-corrected chi connectivity index (χ2v) is 6.02. The topological polar surface area (TPSA) is 60.0 Å². The Morgan fingerprint density at radius 2 is 2.08 bits per heavy atom. The Balaban J connectivity index is 1.81. The fraction of sp³-hybridized carbons (Fsp3) is 0.250. The predicted octanol–water partition coefficient (Wildman–Crippen LogP) is 4.17. The number of methoxy groups -OCH3 is 1. The van der Waals surface area contributed by atoms with Crippen molar-refractivity contribution in [1.82, 2.24) is 15.0 Å². The number of pyridine rings is 1. The molecular weight excluding hydrogens is 336 g/mol. The van der Waals surface area contributed by atoms with E-state index in [-0.39, 0.29) is 11.5 Å². The Bertz CT molecular complexity index is 837. The van der Waals surface area contributed by atoms with Gasteiger partial charge in [-0.1, -0.05) is 17.8 Å². The van der Waals surface area contributed by atoms with E-state index >= 15 is 0 Å². The number of rotatable bonds is 6. The van der Waals surface area contributed by atoms with Gasteiger partial charge in [-0.3, -0.25) is 4.98 Å². The van der Waals surface area contributed by atoms with Crippen molar-refractivity contribution in [2.24, 2.45) is 0 Å². The van der Waals surface area contributed by atoms with Crippen LogP contribution in [0.25, 0.3) is 11.0 Å². The van der Waals surface area contributed by atoms with E-state index in [2.05, 4.69) is 19.7 Å². The van der Waals surface area contributed by atoms with E-state index in [1.165, 1.54) is 24.9 Å². The zero-order valence-corrected chi connectivity index (χ0v) is 13.9. The molecule has 0 saturated heterocycles. The number of fused-ring (bicyclic) bond motifs is 1. The third kappa shape index (κ3) is 3.76. The molecule has 0 unspecified atom stereocenters. The minimum Gasteiger partial charge on any atom is -0.493 e. The summed E-state index contributed by atoms with van der Waals surface area (Å²) in [5.41, 5.74) is 3.26. The number of halogens is 2. The molecule has 0 amide bonds. The number of alkyl halides is 2. The fourth-order valence-electron chi connectivity index (χ4n) is 2.14. The van der Waals surface area contributed by atoms with Gasteiger partial charge in [0.05, 0.1) is 23.8 Å². The summed E-state index contributed by atoms with van der Waals surface area (Å²) in [7, 11) is 1.40. The normalized spacial score (nSPS) is 11.2. The molecule has 126 valence electrons. The third-order valence-electron chi connectivity index (χ3n) is 3.29. The van der Waals surface area contributed by atoms with E-state index in [0.717, 1.165) is 11.3 Å². The van der Waals surface area contributed by atoms with E-state index in [0.29, 0.717) is 21.9 Å². The summed E-state index contributed by atoms with van der Waals surface area (Å²) >= 11 is 1.48. The van der Waals surface area contributed by atoms with E-state index in [1.807, 2.05) is 25.3 Å². The summed E-state index contributed by atoms with van der Waals surface area (Å²) < 4.78 is 34.5. The maximum Gasteiger partial charge on any atom is 0.387 e. The lowest BCUT2D eigenvalue weighted by atomic mass is 10.3. The van der Waals surface area contributed by atoms with Gasteiger partial charge in [0, 0.05) is 24.1 Å². The summed E-state index contributed by atoms with van der Waals surface area (Å²) in [6.45, 7) is -0.938. The number of imidazole rings is 1. The van der Waals surface area contributed by atoms with Gasteiger partial charge in [0.15, 0.2) is 16.7 Å². The number of ether oxygens (including phenoxy) is 2. The largest absolute Gasteiger partial charge is 0.493 e. The van der Waals surface area contributed by atoms with E-state index in [1.54, 1.807) is 6.07 Å². The number of thioether (sulfide) groups is 1. The van der Waals surface area contributed by atoms with Gasteiger partial charge in [-0.25, -0.2) is 4.98 Å². The molecule has 5 nitrogen and oxygen atoms in total. The van der Waals surface area contributed by atoms with Crippen LogP contribution in [0.4, 0.5) is 8.78 Å². The summed E-state index contributed by atoms with van der Waals surface area (Å²) in [6, 6.07) is 6.99. The first-order valence-corrected chi connectivity index (χ1v) is 8.10. The van der Waals surface area contributed by atoms with Crippen LogP contribution in [0.5, 0.6) is 11.5 Å². The quantitative estimate of drug-likeness (QED) is 0.676. The highest BCUT2D eigenvalue weighted by Gasteiger charge is 2.14. The molecule has 0 aliphatic carbocycles. The molecular formula is C16H15F2N3O2S. The maximum absolute atomic E-state index is 12.5. The molecule has 1 N–H and O–H groups in total. The second kappa shape index (κ2) is 7.04. The van der Waals surface area contributed by atoms with Crippen molar-refractivity contribution < 1.29 is 18.3 Å². The van der Waals surface area contributed by atoms with Crippen molar-refractivity contribution in [1.29, 1.82) is 0 Å². The summed E-state index contributed by atoms with van der Waals surface area (Å²) in [4.78, 5) is 11.9. The lowest BCUT2D eigenvalue weighted by Gasteiger charge is -2.09. The molecule has 24 heavy (non-hydrogen) atoms. The lowest BCUT2D eigenvalue weighted by Crippen LogP contribution is -2.03. The van der Waals surface area contributed by atoms with Crippen LogP contribution >= 0.6 is 11.8 Å². The summed E-state index contributed by atoms with van der Waals surface area (Å²) in [5, 5.41) is 0.670. The highest BCUT2D eigenvalue weighted by molar-refractivity contribution is 7.98.